The average molecular weight is 402 g/mol. The molecular formula is C22H24ClNO4. The Kier molecular flexibility index (Phi) is 6.95. The summed E-state index contributed by atoms with van der Waals surface area (Å²) in [5.41, 5.74) is 2.57. The molecule has 0 N–H and O–H groups in total. The molecule has 0 atom stereocenters. The van der Waals surface area contributed by atoms with Crippen LogP contribution in [0.3, 0.4) is 0 Å². The maximum atomic E-state index is 12.9. The topological polar surface area (TPSA) is 48.0 Å². The Morgan fingerprint density at radius 3 is 2.43 bits per heavy atom. The van der Waals surface area contributed by atoms with Gasteiger partial charge in [-0.05, 0) is 47.9 Å². The molecule has 1 aliphatic rings. The summed E-state index contributed by atoms with van der Waals surface area (Å²) >= 11 is 6.05. The summed E-state index contributed by atoms with van der Waals surface area (Å²) < 4.78 is 16.4. The second-order valence-electron chi connectivity index (χ2n) is 6.30. The Morgan fingerprint density at radius 1 is 1.11 bits per heavy atom. The predicted molar refractivity (Wildman–Crippen MR) is 110 cm³/mol. The van der Waals surface area contributed by atoms with Crippen molar-refractivity contribution in [3.05, 3.63) is 64.7 Å². The van der Waals surface area contributed by atoms with Crippen LogP contribution in [-0.2, 0) is 9.53 Å². The molecule has 148 valence electrons. The van der Waals surface area contributed by atoms with Crippen LogP contribution in [0, 0.1) is 0 Å². The van der Waals surface area contributed by atoms with Gasteiger partial charge in [0.2, 0.25) is 5.91 Å². The third kappa shape index (κ3) is 4.86. The number of halogens is 1. The van der Waals surface area contributed by atoms with Crippen molar-refractivity contribution in [1.29, 1.82) is 0 Å². The van der Waals surface area contributed by atoms with Crippen LogP contribution in [0.5, 0.6) is 11.5 Å². The molecule has 1 aliphatic heterocycles. The first kappa shape index (κ1) is 20.2. The Labute approximate surface area is 170 Å². The van der Waals surface area contributed by atoms with E-state index < -0.39 is 0 Å². The van der Waals surface area contributed by atoms with Crippen LogP contribution in [0.25, 0.3) is 5.57 Å². The maximum Gasteiger partial charge on any atom is 0.247 e. The molecule has 0 saturated carbocycles. The van der Waals surface area contributed by atoms with E-state index >= 15 is 0 Å². The number of hydrogen-bond acceptors (Lipinski definition) is 4. The molecule has 0 aromatic heterocycles. The summed E-state index contributed by atoms with van der Waals surface area (Å²) in [6, 6.07) is 13.1. The summed E-state index contributed by atoms with van der Waals surface area (Å²) in [7, 11) is 1.61. The van der Waals surface area contributed by atoms with E-state index in [4.69, 9.17) is 25.8 Å². The molecule has 1 fully saturated rings. The lowest BCUT2D eigenvalue weighted by Gasteiger charge is -2.26. The smallest absolute Gasteiger partial charge is 0.247 e. The Bertz CT molecular complexity index is 842. The average Bonchev–Trinajstić information content (AvgIpc) is 2.73. The van der Waals surface area contributed by atoms with Crippen molar-refractivity contribution in [1.82, 2.24) is 4.90 Å². The highest BCUT2D eigenvalue weighted by Gasteiger charge is 2.18. The fourth-order valence-electron chi connectivity index (χ4n) is 3.07. The zero-order valence-corrected chi connectivity index (χ0v) is 16.9. The lowest BCUT2D eigenvalue weighted by atomic mass is 9.96. The third-order valence-corrected chi connectivity index (χ3v) is 4.77. The number of carbonyl (C=O) groups excluding carboxylic acids is 1. The Morgan fingerprint density at radius 2 is 1.79 bits per heavy atom. The van der Waals surface area contributed by atoms with Gasteiger partial charge < -0.3 is 19.1 Å². The molecule has 1 heterocycles. The lowest BCUT2D eigenvalue weighted by Crippen LogP contribution is -2.39. The fraction of sp³-hybridized carbons (Fsp3) is 0.318. The van der Waals surface area contributed by atoms with Gasteiger partial charge in [0.1, 0.15) is 0 Å². The van der Waals surface area contributed by atoms with Crippen LogP contribution in [-0.4, -0.2) is 50.8 Å². The van der Waals surface area contributed by atoms with Crippen molar-refractivity contribution in [3.8, 4) is 11.5 Å². The van der Waals surface area contributed by atoms with Crippen molar-refractivity contribution < 1.29 is 19.0 Å². The molecule has 2 aromatic carbocycles. The van der Waals surface area contributed by atoms with Crippen molar-refractivity contribution in [3.63, 3.8) is 0 Å². The number of rotatable bonds is 6. The lowest BCUT2D eigenvalue weighted by molar-refractivity contribution is -0.129. The van der Waals surface area contributed by atoms with E-state index in [2.05, 4.69) is 0 Å². The molecule has 0 unspecified atom stereocenters. The van der Waals surface area contributed by atoms with Crippen molar-refractivity contribution in [2.75, 3.05) is 40.0 Å². The molecule has 2 aromatic rings. The minimum atomic E-state index is -0.0398. The van der Waals surface area contributed by atoms with Crippen LogP contribution in [0.15, 0.2) is 48.5 Å². The van der Waals surface area contributed by atoms with E-state index in [1.54, 1.807) is 18.1 Å². The van der Waals surface area contributed by atoms with E-state index in [1.807, 2.05) is 49.4 Å². The number of ether oxygens (including phenoxy) is 3. The first-order chi connectivity index (χ1) is 13.6. The molecule has 5 nitrogen and oxygen atoms in total. The summed E-state index contributed by atoms with van der Waals surface area (Å²) in [6.45, 7) is 4.75. The first-order valence-corrected chi connectivity index (χ1v) is 9.65. The van der Waals surface area contributed by atoms with E-state index in [0.29, 0.717) is 49.4 Å². The van der Waals surface area contributed by atoms with E-state index in [0.717, 1.165) is 16.7 Å². The van der Waals surface area contributed by atoms with Gasteiger partial charge in [0.25, 0.3) is 0 Å². The highest BCUT2D eigenvalue weighted by Crippen LogP contribution is 2.33. The first-order valence-electron chi connectivity index (χ1n) is 9.28. The van der Waals surface area contributed by atoms with Gasteiger partial charge in [-0.3, -0.25) is 4.79 Å². The van der Waals surface area contributed by atoms with Gasteiger partial charge in [-0.25, -0.2) is 0 Å². The molecule has 0 aliphatic carbocycles. The van der Waals surface area contributed by atoms with Gasteiger partial charge in [-0.2, -0.15) is 0 Å². The maximum absolute atomic E-state index is 12.9. The molecule has 1 amide bonds. The quantitative estimate of drug-likeness (QED) is 0.685. The molecular weight excluding hydrogens is 378 g/mol. The van der Waals surface area contributed by atoms with Gasteiger partial charge in [-0.15, -0.1) is 0 Å². The van der Waals surface area contributed by atoms with E-state index in [9.17, 15) is 4.79 Å². The van der Waals surface area contributed by atoms with Gasteiger partial charge in [0.05, 0.1) is 26.9 Å². The Balaban J connectivity index is 2.03. The highest BCUT2D eigenvalue weighted by atomic mass is 35.5. The largest absolute Gasteiger partial charge is 0.493 e. The second kappa shape index (κ2) is 9.62. The molecule has 28 heavy (non-hydrogen) atoms. The summed E-state index contributed by atoms with van der Waals surface area (Å²) in [5, 5.41) is 0.646. The summed E-state index contributed by atoms with van der Waals surface area (Å²) in [4.78, 5) is 14.7. The highest BCUT2D eigenvalue weighted by molar-refractivity contribution is 6.30. The number of carbonyl (C=O) groups is 1. The molecule has 0 spiro atoms. The molecule has 6 heteroatoms. The van der Waals surface area contributed by atoms with Crippen LogP contribution in [0.4, 0.5) is 0 Å². The minimum absolute atomic E-state index is 0.0398. The number of amides is 1. The van der Waals surface area contributed by atoms with Crippen molar-refractivity contribution in [2.45, 2.75) is 6.92 Å². The number of morpholine rings is 1. The fourth-order valence-corrected chi connectivity index (χ4v) is 3.20. The number of methoxy groups -OCH3 is 1. The molecule has 1 saturated heterocycles. The third-order valence-electron chi connectivity index (χ3n) is 4.52. The second-order valence-corrected chi connectivity index (χ2v) is 6.74. The van der Waals surface area contributed by atoms with Gasteiger partial charge in [0, 0.05) is 24.2 Å². The summed E-state index contributed by atoms with van der Waals surface area (Å²) in [5.74, 6) is 1.25. The SMILES string of the molecule is CCOc1cc(/C(=C\C(=O)N2CCOCC2)c2ccc(Cl)cc2)ccc1OC. The van der Waals surface area contributed by atoms with Gasteiger partial charge in [-0.1, -0.05) is 29.8 Å². The number of nitrogens with zero attached hydrogens (tertiary/aromatic N) is 1. The zero-order chi connectivity index (χ0) is 19.9. The monoisotopic (exact) mass is 401 g/mol. The predicted octanol–water partition coefficient (Wildman–Crippen LogP) is 4.04. The van der Waals surface area contributed by atoms with Crippen LogP contribution >= 0.6 is 11.6 Å². The summed E-state index contributed by atoms with van der Waals surface area (Å²) in [6.07, 6.45) is 1.67. The minimum Gasteiger partial charge on any atom is -0.493 e. The standard InChI is InChI=1S/C22H24ClNO4/c1-3-28-21-14-17(6-9-20(21)26-2)19(16-4-7-18(23)8-5-16)15-22(25)24-10-12-27-13-11-24/h4-9,14-15H,3,10-13H2,1-2H3/b19-15-. The molecule has 3 rings (SSSR count). The van der Waals surface area contributed by atoms with E-state index in [1.165, 1.54) is 0 Å². The van der Waals surface area contributed by atoms with Gasteiger partial charge >= 0.3 is 0 Å². The van der Waals surface area contributed by atoms with Crippen molar-refractivity contribution >= 4 is 23.1 Å². The van der Waals surface area contributed by atoms with E-state index in [-0.39, 0.29) is 5.91 Å². The van der Waals surface area contributed by atoms with Crippen LogP contribution in [0.2, 0.25) is 5.02 Å². The normalized spacial score (nSPS) is 14.7. The van der Waals surface area contributed by atoms with Gasteiger partial charge in [0.15, 0.2) is 11.5 Å². The van der Waals surface area contributed by atoms with Crippen molar-refractivity contribution in [2.24, 2.45) is 0 Å². The zero-order valence-electron chi connectivity index (χ0n) is 16.1. The Hall–Kier alpha value is -2.50. The van der Waals surface area contributed by atoms with Crippen LogP contribution in [0.1, 0.15) is 18.1 Å². The van der Waals surface area contributed by atoms with Crippen LogP contribution < -0.4 is 9.47 Å². The molecule has 0 bridgehead atoms. The number of hydrogen-bond donors (Lipinski definition) is 0. The molecule has 0 radical (unpaired) electrons. The number of benzene rings is 2.